The number of nitrogens with one attached hydrogen (secondary N) is 3. The van der Waals surface area contributed by atoms with Gasteiger partial charge in [0.2, 0.25) is 0 Å². The van der Waals surface area contributed by atoms with Crippen LogP contribution < -0.4 is 15.5 Å². The van der Waals surface area contributed by atoms with E-state index in [1.165, 1.54) is 37.0 Å². The number of hydrogen-bond acceptors (Lipinski definition) is 2. The molecule has 3 amide bonds. The molecule has 1 saturated carbocycles. The highest BCUT2D eigenvalue weighted by atomic mass is 16.2. The third-order valence-electron chi connectivity index (χ3n) is 4.43. The van der Waals surface area contributed by atoms with Gasteiger partial charge in [0.15, 0.2) is 6.04 Å². The van der Waals surface area contributed by atoms with Crippen molar-refractivity contribution in [3.05, 3.63) is 0 Å². The van der Waals surface area contributed by atoms with Crippen LogP contribution in [0.4, 0.5) is 4.79 Å². The Morgan fingerprint density at radius 2 is 1.68 bits per heavy atom. The SMILES string of the molecule is C[C@@H](C(=O)NC(=O)NC1CCCC1)[NH+]1CCCCC1. The van der Waals surface area contributed by atoms with Crippen molar-refractivity contribution < 1.29 is 14.5 Å². The number of carbonyl (C=O) groups excluding carboxylic acids is 2. The predicted octanol–water partition coefficient (Wildman–Crippen LogP) is 0.212. The monoisotopic (exact) mass is 268 g/mol. The molecule has 1 atom stereocenters. The van der Waals surface area contributed by atoms with E-state index < -0.39 is 0 Å². The second kappa shape index (κ2) is 6.89. The third kappa shape index (κ3) is 4.20. The lowest BCUT2D eigenvalue weighted by Crippen LogP contribution is -3.17. The van der Waals surface area contributed by atoms with Crippen molar-refractivity contribution in [1.82, 2.24) is 10.6 Å². The molecule has 0 aromatic rings. The predicted molar refractivity (Wildman–Crippen MR) is 72.9 cm³/mol. The van der Waals surface area contributed by atoms with Crippen LogP contribution in [-0.2, 0) is 4.79 Å². The highest BCUT2D eigenvalue weighted by Gasteiger charge is 2.28. The minimum atomic E-state index is -0.319. The van der Waals surface area contributed by atoms with Crippen molar-refractivity contribution in [1.29, 1.82) is 0 Å². The van der Waals surface area contributed by atoms with Gasteiger partial charge in [-0.25, -0.2) is 4.79 Å². The smallest absolute Gasteiger partial charge is 0.321 e. The second-order valence-electron chi connectivity index (χ2n) is 5.88. The van der Waals surface area contributed by atoms with E-state index in [4.69, 9.17) is 0 Å². The zero-order valence-corrected chi connectivity index (χ0v) is 11.8. The molecule has 0 aromatic heterocycles. The zero-order valence-electron chi connectivity index (χ0n) is 11.8. The fourth-order valence-electron chi connectivity index (χ4n) is 3.14. The highest BCUT2D eigenvalue weighted by molar-refractivity contribution is 5.96. The molecule has 1 heterocycles. The molecule has 1 aliphatic carbocycles. The summed E-state index contributed by atoms with van der Waals surface area (Å²) in [7, 11) is 0. The van der Waals surface area contributed by atoms with E-state index in [0.29, 0.717) is 0 Å². The molecular weight excluding hydrogens is 242 g/mol. The van der Waals surface area contributed by atoms with Crippen LogP contribution in [0.3, 0.4) is 0 Å². The molecule has 0 bridgehead atoms. The van der Waals surface area contributed by atoms with Crippen molar-refractivity contribution >= 4 is 11.9 Å². The number of quaternary nitrogens is 1. The quantitative estimate of drug-likeness (QED) is 0.685. The fraction of sp³-hybridized carbons (Fsp3) is 0.857. The van der Waals surface area contributed by atoms with Crippen molar-refractivity contribution in [2.75, 3.05) is 13.1 Å². The van der Waals surface area contributed by atoms with Gasteiger partial charge >= 0.3 is 6.03 Å². The molecule has 2 aliphatic rings. The Labute approximate surface area is 115 Å². The summed E-state index contributed by atoms with van der Waals surface area (Å²) >= 11 is 0. The van der Waals surface area contributed by atoms with Gasteiger partial charge in [0, 0.05) is 6.04 Å². The summed E-state index contributed by atoms with van der Waals surface area (Å²) < 4.78 is 0. The van der Waals surface area contributed by atoms with E-state index in [0.717, 1.165) is 25.9 Å². The Morgan fingerprint density at radius 3 is 2.32 bits per heavy atom. The van der Waals surface area contributed by atoms with Crippen LogP contribution in [0.25, 0.3) is 0 Å². The Hall–Kier alpha value is -1.10. The maximum atomic E-state index is 12.0. The highest BCUT2D eigenvalue weighted by Crippen LogP contribution is 2.17. The maximum Gasteiger partial charge on any atom is 0.321 e. The van der Waals surface area contributed by atoms with Gasteiger partial charge < -0.3 is 10.2 Å². The molecule has 2 rings (SSSR count). The molecular formula is C14H26N3O2+. The van der Waals surface area contributed by atoms with E-state index >= 15 is 0 Å². The molecule has 0 aromatic carbocycles. The summed E-state index contributed by atoms with van der Waals surface area (Å²) in [4.78, 5) is 25.1. The van der Waals surface area contributed by atoms with Gasteiger partial charge in [-0.15, -0.1) is 0 Å². The van der Waals surface area contributed by atoms with Crippen LogP contribution in [0.5, 0.6) is 0 Å². The van der Waals surface area contributed by atoms with E-state index in [2.05, 4.69) is 10.6 Å². The minimum Gasteiger partial charge on any atom is -0.335 e. The van der Waals surface area contributed by atoms with Crippen molar-refractivity contribution in [3.63, 3.8) is 0 Å². The number of hydrogen-bond donors (Lipinski definition) is 3. The number of urea groups is 1. The maximum absolute atomic E-state index is 12.0. The number of imide groups is 1. The van der Waals surface area contributed by atoms with E-state index in [9.17, 15) is 9.59 Å². The first-order valence-corrected chi connectivity index (χ1v) is 7.63. The zero-order chi connectivity index (χ0) is 13.7. The standard InChI is InChI=1S/C14H25N3O2/c1-11(17-9-5-2-6-10-17)13(18)16-14(19)15-12-7-3-4-8-12/h11-12H,2-10H2,1H3,(H2,15,16,18,19)/p+1/t11-/m0/s1. The van der Waals surface area contributed by atoms with Gasteiger partial charge in [-0.1, -0.05) is 12.8 Å². The van der Waals surface area contributed by atoms with Crippen LogP contribution >= 0.6 is 0 Å². The van der Waals surface area contributed by atoms with Crippen molar-refractivity contribution in [2.45, 2.75) is 64.0 Å². The van der Waals surface area contributed by atoms with Crippen molar-refractivity contribution in [3.8, 4) is 0 Å². The molecule has 0 radical (unpaired) electrons. The van der Waals surface area contributed by atoms with Gasteiger partial charge in [-0.3, -0.25) is 10.1 Å². The number of carbonyl (C=O) groups is 2. The minimum absolute atomic E-state index is 0.130. The molecule has 108 valence electrons. The van der Waals surface area contributed by atoms with Gasteiger partial charge in [0.1, 0.15) is 0 Å². The van der Waals surface area contributed by atoms with Crippen LogP contribution in [-0.4, -0.2) is 37.1 Å². The average molecular weight is 268 g/mol. The molecule has 1 aliphatic heterocycles. The van der Waals surface area contributed by atoms with Gasteiger partial charge in [0.05, 0.1) is 13.1 Å². The molecule has 3 N–H and O–H groups in total. The number of likely N-dealkylation sites (tertiary alicyclic amines) is 1. The van der Waals surface area contributed by atoms with Crippen LogP contribution in [0.15, 0.2) is 0 Å². The Bertz CT molecular complexity index is 321. The summed E-state index contributed by atoms with van der Waals surface area (Å²) in [5.74, 6) is -0.146. The van der Waals surface area contributed by atoms with Gasteiger partial charge in [-0.05, 0) is 39.0 Å². The first-order valence-electron chi connectivity index (χ1n) is 7.63. The third-order valence-corrected chi connectivity index (χ3v) is 4.43. The molecule has 19 heavy (non-hydrogen) atoms. The van der Waals surface area contributed by atoms with Crippen LogP contribution in [0, 0.1) is 0 Å². The lowest BCUT2D eigenvalue weighted by atomic mass is 10.1. The van der Waals surface area contributed by atoms with Crippen LogP contribution in [0.2, 0.25) is 0 Å². The lowest BCUT2D eigenvalue weighted by Gasteiger charge is -2.28. The van der Waals surface area contributed by atoms with Crippen molar-refractivity contribution in [2.24, 2.45) is 0 Å². The summed E-state index contributed by atoms with van der Waals surface area (Å²) in [5, 5.41) is 5.38. The number of amides is 3. The summed E-state index contributed by atoms with van der Waals surface area (Å²) in [6, 6.07) is -0.194. The van der Waals surface area contributed by atoms with E-state index in [-0.39, 0.29) is 24.0 Å². The normalized spacial score (nSPS) is 23.0. The molecule has 5 heteroatoms. The fourth-order valence-corrected chi connectivity index (χ4v) is 3.14. The first kappa shape index (κ1) is 14.3. The van der Waals surface area contributed by atoms with E-state index in [1.54, 1.807) is 0 Å². The topological polar surface area (TPSA) is 62.6 Å². The average Bonchev–Trinajstić information content (AvgIpc) is 2.91. The van der Waals surface area contributed by atoms with Gasteiger partial charge in [-0.2, -0.15) is 0 Å². The molecule has 0 unspecified atom stereocenters. The number of rotatable bonds is 3. The summed E-state index contributed by atoms with van der Waals surface area (Å²) in [6.07, 6.45) is 8.05. The van der Waals surface area contributed by atoms with E-state index in [1.807, 2.05) is 6.92 Å². The number of piperidine rings is 1. The Kier molecular flexibility index (Phi) is 5.19. The summed E-state index contributed by atoms with van der Waals surface area (Å²) in [6.45, 7) is 4.00. The van der Waals surface area contributed by atoms with Gasteiger partial charge in [0.25, 0.3) is 5.91 Å². The lowest BCUT2D eigenvalue weighted by molar-refractivity contribution is -0.918. The Morgan fingerprint density at radius 1 is 1.05 bits per heavy atom. The molecule has 2 fully saturated rings. The first-order chi connectivity index (χ1) is 9.16. The molecule has 0 spiro atoms. The Balaban J connectivity index is 1.73. The largest absolute Gasteiger partial charge is 0.335 e. The van der Waals surface area contributed by atoms with Crippen LogP contribution in [0.1, 0.15) is 51.9 Å². The summed E-state index contributed by atoms with van der Waals surface area (Å²) in [5.41, 5.74) is 0. The molecule has 5 nitrogen and oxygen atoms in total. The molecule has 1 saturated heterocycles. The second-order valence-corrected chi connectivity index (χ2v) is 5.88.